The number of para-hydroxylation sites is 1. The summed E-state index contributed by atoms with van der Waals surface area (Å²) < 4.78 is 11.5. The van der Waals surface area contributed by atoms with Crippen LogP contribution in [0.25, 0.3) is 22.0 Å². The standard InChI is InChI=1S/C37H41N5O4/c1-7-29(30-15-10-8-14-27(30)24-38)35(32-23-26-13-9-11-16-31(26)40-32)28-18-19-33(39-25-28)45-22-21-42(36(44)46-37(2,3)4)20-12-17-34(43)41(5)6/h8-19,23,25,40H,7,20-22H2,1-6H3/b17-12+,35-29+. The van der Waals surface area contributed by atoms with E-state index in [0.717, 1.165) is 38.9 Å². The van der Waals surface area contributed by atoms with E-state index in [9.17, 15) is 14.9 Å². The van der Waals surface area contributed by atoms with Gasteiger partial charge in [0.1, 0.15) is 12.2 Å². The highest BCUT2D eigenvalue weighted by Crippen LogP contribution is 2.36. The average Bonchev–Trinajstić information content (AvgIpc) is 3.46. The number of fused-ring (bicyclic) bond motifs is 1. The lowest BCUT2D eigenvalue weighted by molar-refractivity contribution is -0.123. The largest absolute Gasteiger partial charge is 0.476 e. The lowest BCUT2D eigenvalue weighted by Gasteiger charge is -2.26. The number of H-pyrrole nitrogens is 1. The monoisotopic (exact) mass is 619 g/mol. The molecule has 0 saturated heterocycles. The van der Waals surface area contributed by atoms with E-state index >= 15 is 0 Å². The zero-order valence-corrected chi connectivity index (χ0v) is 27.3. The topological polar surface area (TPSA) is 112 Å². The summed E-state index contributed by atoms with van der Waals surface area (Å²) in [7, 11) is 3.33. The number of carbonyl (C=O) groups excluding carboxylic acids is 2. The molecule has 0 aliphatic carbocycles. The number of allylic oxidation sites excluding steroid dienone is 1. The fourth-order valence-electron chi connectivity index (χ4n) is 4.93. The van der Waals surface area contributed by atoms with Crippen molar-refractivity contribution >= 4 is 34.0 Å². The van der Waals surface area contributed by atoms with E-state index in [4.69, 9.17) is 9.47 Å². The van der Waals surface area contributed by atoms with E-state index in [1.54, 1.807) is 53.2 Å². The smallest absolute Gasteiger partial charge is 0.410 e. The molecule has 2 aromatic heterocycles. The summed E-state index contributed by atoms with van der Waals surface area (Å²) in [4.78, 5) is 35.9. The molecule has 0 bridgehead atoms. The van der Waals surface area contributed by atoms with Gasteiger partial charge in [-0.25, -0.2) is 9.78 Å². The average molecular weight is 620 g/mol. The van der Waals surface area contributed by atoms with Crippen LogP contribution in [0.1, 0.15) is 56.5 Å². The van der Waals surface area contributed by atoms with Crippen LogP contribution in [0.5, 0.6) is 5.88 Å². The van der Waals surface area contributed by atoms with Crippen molar-refractivity contribution in [2.45, 2.75) is 39.7 Å². The van der Waals surface area contributed by atoms with Gasteiger partial charge in [0.05, 0.1) is 18.2 Å². The first-order chi connectivity index (χ1) is 22.0. The van der Waals surface area contributed by atoms with Crippen molar-refractivity contribution in [3.8, 4) is 11.9 Å². The number of hydrogen-bond donors (Lipinski definition) is 1. The number of aromatic amines is 1. The Kier molecular flexibility index (Phi) is 11.0. The number of likely N-dealkylation sites (N-methyl/N-ethyl adjacent to an activating group) is 1. The van der Waals surface area contributed by atoms with Gasteiger partial charge in [0, 0.05) is 66.7 Å². The number of benzene rings is 2. The molecule has 46 heavy (non-hydrogen) atoms. The van der Waals surface area contributed by atoms with Crippen LogP contribution in [0.15, 0.2) is 85.1 Å². The van der Waals surface area contributed by atoms with Crippen molar-refractivity contribution in [1.29, 1.82) is 5.26 Å². The van der Waals surface area contributed by atoms with Gasteiger partial charge in [-0.1, -0.05) is 49.4 Å². The van der Waals surface area contributed by atoms with E-state index in [-0.39, 0.29) is 25.6 Å². The van der Waals surface area contributed by atoms with Crippen LogP contribution in [0.2, 0.25) is 0 Å². The molecule has 0 aliphatic rings. The summed E-state index contributed by atoms with van der Waals surface area (Å²) in [6, 6.07) is 23.9. The third-order valence-electron chi connectivity index (χ3n) is 7.14. The number of nitrogens with zero attached hydrogens (tertiary/aromatic N) is 4. The zero-order chi connectivity index (χ0) is 33.3. The summed E-state index contributed by atoms with van der Waals surface area (Å²) in [5.41, 5.74) is 5.61. The summed E-state index contributed by atoms with van der Waals surface area (Å²) in [6.07, 6.45) is 5.02. The van der Waals surface area contributed by atoms with Crippen molar-refractivity contribution < 1.29 is 19.1 Å². The number of nitriles is 1. The van der Waals surface area contributed by atoms with Crippen molar-refractivity contribution in [3.05, 3.63) is 107 Å². The first-order valence-corrected chi connectivity index (χ1v) is 15.3. The molecular formula is C37H41N5O4. The fourth-order valence-corrected chi connectivity index (χ4v) is 4.93. The molecule has 2 amide bonds. The van der Waals surface area contributed by atoms with Gasteiger partial charge >= 0.3 is 6.09 Å². The van der Waals surface area contributed by atoms with Gasteiger partial charge in [0.2, 0.25) is 11.8 Å². The molecular weight excluding hydrogens is 578 g/mol. The molecule has 0 radical (unpaired) electrons. The molecule has 9 nitrogen and oxygen atoms in total. The predicted molar refractivity (Wildman–Crippen MR) is 181 cm³/mol. The second-order valence-electron chi connectivity index (χ2n) is 11.9. The van der Waals surface area contributed by atoms with E-state index < -0.39 is 11.7 Å². The zero-order valence-electron chi connectivity index (χ0n) is 27.3. The highest BCUT2D eigenvalue weighted by Gasteiger charge is 2.22. The van der Waals surface area contributed by atoms with Crippen molar-refractivity contribution in [2.75, 3.05) is 33.8 Å². The Labute approximate surface area is 270 Å². The highest BCUT2D eigenvalue weighted by molar-refractivity contribution is 6.01. The van der Waals surface area contributed by atoms with Crippen LogP contribution in [0.4, 0.5) is 4.79 Å². The molecule has 1 N–H and O–H groups in total. The van der Waals surface area contributed by atoms with Crippen LogP contribution in [0.3, 0.4) is 0 Å². The van der Waals surface area contributed by atoms with Gasteiger partial charge in [0.25, 0.3) is 0 Å². The molecule has 4 rings (SSSR count). The first kappa shape index (κ1) is 33.5. The van der Waals surface area contributed by atoms with Crippen LogP contribution in [-0.2, 0) is 9.53 Å². The minimum Gasteiger partial charge on any atom is -0.476 e. The molecule has 0 aliphatic heterocycles. The number of pyridine rings is 1. The van der Waals surface area contributed by atoms with Crippen LogP contribution >= 0.6 is 0 Å². The number of rotatable bonds is 11. The molecule has 2 heterocycles. The third-order valence-corrected chi connectivity index (χ3v) is 7.14. The van der Waals surface area contributed by atoms with Gasteiger partial charge in [-0.15, -0.1) is 0 Å². The summed E-state index contributed by atoms with van der Waals surface area (Å²) in [6.45, 7) is 8.07. The van der Waals surface area contributed by atoms with Crippen molar-refractivity contribution in [3.63, 3.8) is 0 Å². The maximum atomic E-state index is 12.9. The number of amides is 2. The normalized spacial score (nSPS) is 12.0. The van der Waals surface area contributed by atoms with Gasteiger partial charge in [-0.3, -0.25) is 4.79 Å². The highest BCUT2D eigenvalue weighted by atomic mass is 16.6. The Balaban J connectivity index is 1.59. The Morgan fingerprint density at radius 2 is 1.78 bits per heavy atom. The molecule has 0 fully saturated rings. The number of hydrogen-bond acceptors (Lipinski definition) is 6. The minimum atomic E-state index is -0.669. The SMILES string of the molecule is CC/C(=C(/c1ccc(OCCN(C/C=C/C(=O)N(C)C)C(=O)OC(C)(C)C)nc1)c1cc2ccccc2[nH]1)c1ccccc1C#N. The van der Waals surface area contributed by atoms with Crippen molar-refractivity contribution in [2.24, 2.45) is 0 Å². The summed E-state index contributed by atoms with van der Waals surface area (Å²) in [5.74, 6) is 0.227. The van der Waals surface area contributed by atoms with E-state index in [2.05, 4.69) is 35.1 Å². The van der Waals surface area contributed by atoms with E-state index in [0.29, 0.717) is 17.9 Å². The maximum absolute atomic E-state index is 12.9. The Morgan fingerprint density at radius 1 is 1.04 bits per heavy atom. The Bertz CT molecular complexity index is 1740. The number of aromatic nitrogens is 2. The molecule has 238 valence electrons. The minimum absolute atomic E-state index is 0.168. The van der Waals surface area contributed by atoms with Crippen LogP contribution in [-0.4, -0.2) is 71.2 Å². The third kappa shape index (κ3) is 8.63. The van der Waals surface area contributed by atoms with E-state index in [1.165, 1.54) is 15.9 Å². The number of nitrogens with one attached hydrogen (secondary N) is 1. The van der Waals surface area contributed by atoms with Crippen LogP contribution < -0.4 is 4.74 Å². The molecule has 4 aromatic rings. The summed E-state index contributed by atoms with van der Waals surface area (Å²) >= 11 is 0. The second kappa shape index (κ2) is 15.1. The molecule has 2 aromatic carbocycles. The first-order valence-electron chi connectivity index (χ1n) is 15.3. The summed E-state index contributed by atoms with van der Waals surface area (Å²) in [5, 5.41) is 11.0. The Morgan fingerprint density at radius 3 is 2.43 bits per heavy atom. The Hall–Kier alpha value is -5.36. The quantitative estimate of drug-likeness (QED) is 0.180. The fraction of sp³-hybridized carbons (Fsp3) is 0.297. The van der Waals surface area contributed by atoms with Gasteiger partial charge < -0.3 is 24.3 Å². The molecule has 0 saturated carbocycles. The number of ether oxygens (including phenoxy) is 2. The van der Waals surface area contributed by atoms with Crippen LogP contribution in [0, 0.1) is 11.3 Å². The molecule has 9 heteroatoms. The number of carbonyl (C=O) groups is 2. The maximum Gasteiger partial charge on any atom is 0.410 e. The van der Waals surface area contributed by atoms with Gasteiger partial charge in [0.15, 0.2) is 0 Å². The molecule has 0 atom stereocenters. The lowest BCUT2D eigenvalue weighted by Crippen LogP contribution is -2.39. The van der Waals surface area contributed by atoms with Crippen molar-refractivity contribution in [1.82, 2.24) is 19.8 Å². The second-order valence-corrected chi connectivity index (χ2v) is 11.9. The van der Waals surface area contributed by atoms with Gasteiger partial charge in [-0.05, 0) is 62.6 Å². The molecule has 0 spiro atoms. The van der Waals surface area contributed by atoms with Gasteiger partial charge in [-0.2, -0.15) is 5.26 Å². The van der Waals surface area contributed by atoms with E-state index in [1.807, 2.05) is 48.5 Å². The molecule has 0 unspecified atom stereocenters. The lowest BCUT2D eigenvalue weighted by atomic mass is 9.89. The predicted octanol–water partition coefficient (Wildman–Crippen LogP) is 7.06.